The zero-order valence-corrected chi connectivity index (χ0v) is 95.7. The van der Waals surface area contributed by atoms with Crippen LogP contribution in [0.15, 0.2) is 208 Å². The van der Waals surface area contributed by atoms with Gasteiger partial charge in [0.2, 0.25) is 10.0 Å². The van der Waals surface area contributed by atoms with E-state index in [0.29, 0.717) is 91.5 Å². The summed E-state index contributed by atoms with van der Waals surface area (Å²) in [6.07, 6.45) is 18.0. The summed E-state index contributed by atoms with van der Waals surface area (Å²) in [7, 11) is -3.39. The van der Waals surface area contributed by atoms with Crippen LogP contribution in [-0.4, -0.2) is 217 Å². The molecular weight excluding hydrogens is 1990 g/mol. The fraction of sp³-hybridized carbons (Fsp3) is 0.475. The molecule has 6 aliphatic rings. The quantitative estimate of drug-likeness (QED) is 0.0255. The summed E-state index contributed by atoms with van der Waals surface area (Å²) < 4.78 is 67.0. The topological polar surface area (TPSA) is 282 Å². The lowest BCUT2D eigenvalue weighted by atomic mass is 9.84. The molecule has 6 fully saturated rings. The van der Waals surface area contributed by atoms with Crippen LogP contribution in [0, 0.1) is 88.9 Å². The first-order valence-electron chi connectivity index (χ1n) is 52.1. The van der Waals surface area contributed by atoms with E-state index in [0.717, 1.165) is 166 Å². The molecule has 9 aromatic carbocycles. The van der Waals surface area contributed by atoms with E-state index in [9.17, 15) is 56.4 Å². The number of hydrogen-bond acceptors (Lipinski definition) is 24. The van der Waals surface area contributed by atoms with Gasteiger partial charge in [-0.2, -0.15) is 0 Å². The minimum atomic E-state index is -3.39. The second kappa shape index (κ2) is 52.3. The molecule has 5 heterocycles. The first kappa shape index (κ1) is 118. The number of aryl methyl sites for hydroxylation is 9. The zero-order valence-electron chi connectivity index (χ0n) is 91.6. The van der Waals surface area contributed by atoms with Gasteiger partial charge in [-0.25, -0.2) is 22.3 Å². The van der Waals surface area contributed by atoms with Crippen LogP contribution in [0.3, 0.4) is 0 Å². The standard InChI is InChI=1S/C33H43NO5S.C31H33NO5S.C30H39NO4S.C28H37NO5S2/c1-21-17-24(18-22(2)31(21)39-33(4,5)23(3)35)11-12-26-19-34(32(37)38-27-9-7-8-10-27)20-29(26)30(36)25-13-15-28(40-6)16-14-25;1-21(33)31(2,3)37-26-14-10-22(11-15-26)18-24-19-32(30(35)36-25-8-6-5-7-9-25)20-28(24)29(34)23-12-16-27(38-4)17-13-23;1-19-13-22(14-20(2)29(19)35-30(4,5)21(3)32)7-8-24-15-31(25-17-34-18-25)16-27(24)28(33)23-9-11-26(36-6)12-10-23;1-18-14-21(15-19(2)27(18)34-28(4,5)20(3)30)8-9-23-16-29(36(7,32)33)17-25(23)26(31)22-10-12-24(35-6)13-11-22/h13-18,26-27,29H,7-12,19-20H2,1-6H3;5-17,24,28H,18-20H2,1-4H3;9-14,24-25,27H,7-8,15-18H2,1-6H3;10-15,23,25H,8-9,16-17H2,1-7H3. The molecule has 8 unspecified atom stereocenters. The summed E-state index contributed by atoms with van der Waals surface area (Å²) in [4.78, 5) is 138. The van der Waals surface area contributed by atoms with Gasteiger partial charge in [0.1, 0.15) is 34.9 Å². The predicted octanol–water partition coefficient (Wildman–Crippen LogP) is 24.2. The number of ketones is 8. The lowest BCUT2D eigenvalue weighted by molar-refractivity contribution is -0.130. The number of rotatable bonds is 39. The molecule has 28 heteroatoms. The number of nitrogens with zero attached hydrogens (tertiary/aromatic N) is 4. The van der Waals surface area contributed by atoms with Crippen molar-refractivity contribution in [2.75, 3.05) is 96.9 Å². The molecule has 8 atom stereocenters. The molecule has 15 rings (SSSR count). The number of hydrogen-bond donors (Lipinski definition) is 0. The summed E-state index contributed by atoms with van der Waals surface area (Å²) in [5.74, 6) is 2.81. The van der Waals surface area contributed by atoms with E-state index in [1.807, 2.05) is 214 Å². The lowest BCUT2D eigenvalue weighted by Crippen LogP contribution is -2.48. The van der Waals surface area contributed by atoms with Gasteiger partial charge < -0.3 is 43.0 Å². The molecule has 5 aliphatic heterocycles. The monoisotopic (exact) mass is 2140 g/mol. The van der Waals surface area contributed by atoms with Gasteiger partial charge in [-0.3, -0.25) is 43.3 Å². The summed E-state index contributed by atoms with van der Waals surface area (Å²) in [5, 5.41) is 0. The van der Waals surface area contributed by atoms with Crippen molar-refractivity contribution in [3.63, 3.8) is 0 Å². The van der Waals surface area contributed by atoms with E-state index in [1.54, 1.807) is 124 Å². The van der Waals surface area contributed by atoms with Crippen molar-refractivity contribution in [1.82, 2.24) is 19.0 Å². The summed E-state index contributed by atoms with van der Waals surface area (Å²) in [5.41, 5.74) is 9.72. The van der Waals surface area contributed by atoms with Gasteiger partial charge in [-0.1, -0.05) is 115 Å². The maximum absolute atomic E-state index is 13.7. The first-order valence-corrected chi connectivity index (χ1v) is 58.9. The molecule has 2 amide bonds. The first-order chi connectivity index (χ1) is 70.9. The number of benzene rings is 9. The number of likely N-dealkylation sites (tertiary alicyclic amines) is 3. The molecule has 1 saturated carbocycles. The third-order valence-corrected chi connectivity index (χ3v) is 34.7. The van der Waals surface area contributed by atoms with Crippen molar-refractivity contribution >= 4 is 116 Å². The van der Waals surface area contributed by atoms with Crippen molar-refractivity contribution < 1.29 is 89.5 Å². The number of ether oxygens (including phenoxy) is 7. The Hall–Kier alpha value is -10.7. The molecule has 0 aromatic heterocycles. The number of Topliss-reactive ketones (excluding diaryl/α,β-unsaturated/α-hetero) is 8. The van der Waals surface area contributed by atoms with Crippen molar-refractivity contribution in [1.29, 1.82) is 0 Å². The van der Waals surface area contributed by atoms with Crippen LogP contribution in [0.5, 0.6) is 28.7 Å². The molecule has 1 aliphatic carbocycles. The average Bonchev–Trinajstić information content (AvgIpc) is 1.51. The molecule has 150 heavy (non-hydrogen) atoms. The third-order valence-electron chi connectivity index (χ3n) is 30.5. The van der Waals surface area contributed by atoms with Crippen LogP contribution in [0.4, 0.5) is 9.59 Å². The Morgan fingerprint density at radius 3 is 1.02 bits per heavy atom. The highest BCUT2D eigenvalue weighted by atomic mass is 32.2. The van der Waals surface area contributed by atoms with Crippen molar-refractivity contribution in [2.45, 2.75) is 249 Å². The average molecular weight is 2140 g/mol. The van der Waals surface area contributed by atoms with E-state index in [4.69, 9.17) is 33.2 Å². The van der Waals surface area contributed by atoms with Gasteiger partial charge in [0, 0.05) is 118 Å². The molecule has 0 radical (unpaired) electrons. The predicted molar refractivity (Wildman–Crippen MR) is 599 cm³/mol. The zero-order chi connectivity index (χ0) is 109. The number of thioether (sulfide) groups is 4. The van der Waals surface area contributed by atoms with Gasteiger partial charge in [-0.05, 0) is 372 Å². The number of carbonyl (C=O) groups is 10. The van der Waals surface area contributed by atoms with Crippen molar-refractivity contribution in [3.05, 3.63) is 266 Å². The Bertz CT molecular complexity index is 6310. The molecule has 23 nitrogen and oxygen atoms in total. The summed E-state index contributed by atoms with van der Waals surface area (Å²) >= 11 is 6.58. The van der Waals surface area contributed by atoms with Crippen LogP contribution in [0.1, 0.15) is 225 Å². The van der Waals surface area contributed by atoms with Crippen molar-refractivity contribution in [2.24, 2.45) is 47.3 Å². The SMILES string of the molecule is CSc1ccc(C(=O)C2CN(C(=O)OC3CCCC3)CC2CCc2cc(C)c(OC(C)(C)C(C)=O)c(C)c2)cc1.CSc1ccc(C(=O)C2CN(C(=O)Oc3ccccc3)CC2Cc2ccc(OC(C)(C)C(C)=O)cc2)cc1.CSc1ccc(C(=O)C2CN(C3COC3)CC2CCc2cc(C)c(OC(C)(C)C(C)=O)c(C)c2)cc1.CSc1ccc(C(=O)C2CN(S(C)(=O)=O)CC2CCc2cc(C)c(OC(C)(C)C(C)=O)c(C)c2)cc1. The molecular formula is C122H152N4O19S5. The van der Waals surface area contributed by atoms with Crippen LogP contribution < -0.4 is 23.7 Å². The number of para-hydroxylation sites is 1. The second-order valence-electron chi connectivity index (χ2n) is 43.2. The van der Waals surface area contributed by atoms with Gasteiger partial charge in [0.05, 0.1) is 25.5 Å². The molecule has 0 N–H and O–H groups in total. The van der Waals surface area contributed by atoms with Crippen molar-refractivity contribution in [3.8, 4) is 28.7 Å². The minimum Gasteiger partial charge on any atom is -0.480 e. The minimum absolute atomic E-state index is 0.000506. The van der Waals surface area contributed by atoms with Crippen LogP contribution in [0.2, 0.25) is 0 Å². The van der Waals surface area contributed by atoms with Crippen LogP contribution in [0.25, 0.3) is 0 Å². The fourth-order valence-electron chi connectivity index (χ4n) is 20.2. The normalized spacial score (nSPS) is 19.1. The fourth-order valence-corrected chi connectivity index (χ4v) is 22.8. The maximum Gasteiger partial charge on any atom is 0.415 e. The largest absolute Gasteiger partial charge is 0.480 e. The molecule has 0 spiro atoms. The van der Waals surface area contributed by atoms with Crippen LogP contribution in [-0.2, 0) is 64.4 Å². The molecule has 804 valence electrons. The summed E-state index contributed by atoms with van der Waals surface area (Å²) in [6, 6.07) is 60.6. The Balaban J connectivity index is 0.000000177. The second-order valence-corrected chi connectivity index (χ2v) is 48.7. The highest BCUT2D eigenvalue weighted by Crippen LogP contribution is 2.42. The van der Waals surface area contributed by atoms with E-state index in [2.05, 4.69) is 47.6 Å². The van der Waals surface area contributed by atoms with Crippen LogP contribution >= 0.6 is 47.0 Å². The van der Waals surface area contributed by atoms with E-state index >= 15 is 0 Å². The number of carbonyl (C=O) groups excluding carboxylic acids is 10. The Kier molecular flexibility index (Phi) is 41.1. The van der Waals surface area contributed by atoms with Gasteiger partial charge in [-0.15, -0.1) is 47.0 Å². The van der Waals surface area contributed by atoms with Gasteiger partial charge >= 0.3 is 12.2 Å². The molecule has 5 saturated heterocycles. The smallest absolute Gasteiger partial charge is 0.415 e. The lowest BCUT2D eigenvalue weighted by Gasteiger charge is -2.34. The van der Waals surface area contributed by atoms with E-state index in [-0.39, 0.29) is 106 Å². The maximum atomic E-state index is 13.7. The van der Waals surface area contributed by atoms with Gasteiger partial charge in [0.25, 0.3) is 0 Å². The Morgan fingerprint density at radius 2 is 0.680 bits per heavy atom. The Morgan fingerprint density at radius 1 is 0.360 bits per heavy atom. The number of amides is 2. The van der Waals surface area contributed by atoms with Gasteiger partial charge in [0.15, 0.2) is 68.7 Å². The summed E-state index contributed by atoms with van der Waals surface area (Å²) in [6.45, 7) is 37.9. The molecule has 9 aromatic rings. The Labute approximate surface area is 905 Å². The highest BCUT2D eigenvalue weighted by molar-refractivity contribution is 7.99. The number of sulfonamides is 1. The highest BCUT2D eigenvalue weighted by Gasteiger charge is 2.47. The van der Waals surface area contributed by atoms with E-state index in [1.165, 1.54) is 34.9 Å². The van der Waals surface area contributed by atoms with E-state index < -0.39 is 38.5 Å². The third kappa shape index (κ3) is 31.3. The molecule has 0 bridgehead atoms.